The van der Waals surface area contributed by atoms with Crippen molar-refractivity contribution >= 4 is 76.9 Å². The maximum atomic E-state index is 15.1. The van der Waals surface area contributed by atoms with Crippen LogP contribution < -0.4 is 37.1 Å². The highest BCUT2D eigenvalue weighted by Gasteiger charge is 2.47. The zero-order valence-corrected chi connectivity index (χ0v) is 54.8. The molecule has 1 aromatic rings. The van der Waals surface area contributed by atoms with Crippen molar-refractivity contribution in [2.45, 2.75) is 219 Å². The number of carbonyl (C=O) groups is 13. The molecule has 4 fully saturated rings. The molecule has 506 valence electrons. The number of amides is 9. The highest BCUT2D eigenvalue weighted by Crippen LogP contribution is 2.28. The molecule has 4 saturated heterocycles. The van der Waals surface area contributed by atoms with E-state index in [1.54, 1.807) is 65.8 Å². The molecule has 0 bridgehead atoms. The molecule has 91 heavy (non-hydrogen) atoms. The van der Waals surface area contributed by atoms with Crippen molar-refractivity contribution in [3.8, 4) is 5.75 Å². The number of aliphatic hydroxyl groups excluding tert-OH is 1. The van der Waals surface area contributed by atoms with Crippen LogP contribution in [0.25, 0.3) is 0 Å². The van der Waals surface area contributed by atoms with E-state index in [0.717, 1.165) is 4.90 Å². The number of hydrogen-bond donors (Lipinski definition) is 7. The van der Waals surface area contributed by atoms with Gasteiger partial charge in [0.25, 0.3) is 11.8 Å². The molecule has 0 aromatic heterocycles. The second kappa shape index (κ2) is 33.5. The Balaban J connectivity index is 1.52. The molecule has 0 saturated carbocycles. The van der Waals surface area contributed by atoms with Gasteiger partial charge < -0.3 is 70.7 Å². The molecule has 2 unspecified atom stereocenters. The van der Waals surface area contributed by atoms with E-state index in [2.05, 4.69) is 26.6 Å². The first-order chi connectivity index (χ1) is 42.8. The van der Waals surface area contributed by atoms with Gasteiger partial charge in [-0.3, -0.25) is 58.1 Å². The summed E-state index contributed by atoms with van der Waals surface area (Å²) in [5.41, 5.74) is 5.93. The summed E-state index contributed by atoms with van der Waals surface area (Å²) >= 11 is 0. The first-order valence-electron chi connectivity index (χ1n) is 31.6. The highest BCUT2D eigenvalue weighted by molar-refractivity contribution is 6.08. The Morgan fingerprint density at radius 2 is 1.53 bits per heavy atom. The number of cyclic esters (lactones) is 2. The second-order valence-corrected chi connectivity index (χ2v) is 25.6. The van der Waals surface area contributed by atoms with Gasteiger partial charge in [0.2, 0.25) is 41.4 Å². The van der Waals surface area contributed by atoms with Crippen molar-refractivity contribution in [3.05, 3.63) is 29.8 Å². The van der Waals surface area contributed by atoms with E-state index in [-0.39, 0.29) is 70.0 Å². The Morgan fingerprint density at radius 3 is 2.11 bits per heavy atom. The number of likely N-dealkylation sites (N-methyl/N-ethyl adjacent to an activating group) is 2. The van der Waals surface area contributed by atoms with Gasteiger partial charge in [-0.05, 0) is 93.7 Å². The third kappa shape index (κ3) is 19.6. The zero-order valence-electron chi connectivity index (χ0n) is 54.8. The first-order valence-corrected chi connectivity index (χ1v) is 31.6. The van der Waals surface area contributed by atoms with Crippen molar-refractivity contribution in [2.24, 2.45) is 29.4 Å². The minimum absolute atomic E-state index is 0.0126. The summed E-state index contributed by atoms with van der Waals surface area (Å²) in [6, 6.07) is -5.65. The number of carbonyl (C=O) groups excluding carboxylic acids is 13. The van der Waals surface area contributed by atoms with Crippen molar-refractivity contribution in [2.75, 3.05) is 40.8 Å². The maximum Gasteiger partial charge on any atom is 0.329 e. The number of likely N-dealkylation sites (tertiary alicyclic amines) is 1. The van der Waals surface area contributed by atoms with Crippen LogP contribution in [0.4, 0.5) is 0 Å². The van der Waals surface area contributed by atoms with Gasteiger partial charge in [0.15, 0.2) is 18.0 Å². The van der Waals surface area contributed by atoms with Gasteiger partial charge in [-0.1, -0.05) is 73.9 Å². The van der Waals surface area contributed by atoms with Gasteiger partial charge in [0.05, 0.1) is 32.1 Å². The van der Waals surface area contributed by atoms with Crippen molar-refractivity contribution in [1.29, 1.82) is 0 Å². The lowest BCUT2D eigenvalue weighted by Crippen LogP contribution is -2.62. The standard InChI is InChI=1S/C63H96N10O18/c1-14-35(8)50-47(75)31-49(77)91-53(34(6)7)57(81)66-40(27-32(2)3)59(83)73-26-16-18-43(73)61(85)71(12)45(29-38-19-21-39(88-13)22-20-38)63(87)89-36(9)51(55(79)68-50)69-54(78)44(28-33(4)5)70(11)60(84)42-17-15-25-72(42)58(82)37(10)90-62(86)41(30-48(64)76)67-56(80)52-46(74)23-24-65-52/h19-22,32-37,40-45,47,50-53,65,75H,14-18,23-31H2,1-13H3,(H2,64,76)(H,66,81)(H,67,80)(H,68,79)(H,69,78)/t35-,36+,37-,40-,41-,42-,43-,44+,45?,47-,50+,51-,52+,53?/m0/s1. The number of ether oxygens (including phenoxy) is 4. The SMILES string of the molecule is CC[C@H](C)[C@H]1NC(=O)[C@@H](NC(=O)[C@@H](CC(C)C)N(C)C(=O)[C@@H]2CCCN2C(=O)[C@H](C)OC(=O)[C@H](CC(N)=O)NC(=O)[C@@H]2NCCC2=O)[C@@H](C)OC(=O)C(Cc2ccc(OC)cc2)N(C)C(=O)[C@@H]2CCCN2C(=O)[C@H](CC(C)C)NC(=O)C(C(C)C)OC(=O)C[C@@H]1O. The Hall–Kier alpha value is -7.75. The lowest BCUT2D eigenvalue weighted by Gasteiger charge is -2.36. The summed E-state index contributed by atoms with van der Waals surface area (Å²) in [5, 5.41) is 25.2. The molecule has 0 spiro atoms. The topological polar surface area (TPSA) is 378 Å². The fourth-order valence-electron chi connectivity index (χ4n) is 11.9. The summed E-state index contributed by atoms with van der Waals surface area (Å²) < 4.78 is 22.8. The molecule has 1 aromatic carbocycles. The molecule has 28 nitrogen and oxygen atoms in total. The summed E-state index contributed by atoms with van der Waals surface area (Å²) in [7, 11) is 4.20. The van der Waals surface area contributed by atoms with Crippen molar-refractivity contribution in [3.63, 3.8) is 0 Å². The number of fused-ring (bicyclic) bond motifs is 1. The molecule has 14 atom stereocenters. The van der Waals surface area contributed by atoms with Gasteiger partial charge in [0, 0.05) is 46.6 Å². The zero-order chi connectivity index (χ0) is 67.9. The highest BCUT2D eigenvalue weighted by atomic mass is 16.6. The molecule has 5 rings (SSSR count). The van der Waals surface area contributed by atoms with Crippen LogP contribution in [0, 0.1) is 23.7 Å². The predicted molar refractivity (Wildman–Crippen MR) is 327 cm³/mol. The van der Waals surface area contributed by atoms with Crippen LogP contribution in [-0.4, -0.2) is 221 Å². The summed E-state index contributed by atoms with van der Waals surface area (Å²) in [4.78, 5) is 187. The van der Waals surface area contributed by atoms with E-state index < -0.39 is 180 Å². The van der Waals surface area contributed by atoms with Crippen molar-refractivity contribution in [1.82, 2.24) is 46.2 Å². The quantitative estimate of drug-likeness (QED) is 0.0482. The van der Waals surface area contributed by atoms with Crippen LogP contribution >= 0.6 is 0 Å². The second-order valence-electron chi connectivity index (χ2n) is 25.6. The summed E-state index contributed by atoms with van der Waals surface area (Å²) in [5.74, 6) is -12.2. The van der Waals surface area contributed by atoms with E-state index in [1.165, 1.54) is 49.8 Å². The van der Waals surface area contributed by atoms with Crippen LogP contribution in [-0.2, 0) is 83.0 Å². The van der Waals surface area contributed by atoms with Crippen LogP contribution in [0.5, 0.6) is 5.75 Å². The molecule has 4 aliphatic heterocycles. The number of nitrogens with one attached hydrogen (secondary N) is 5. The smallest absolute Gasteiger partial charge is 0.329 e. The molecule has 0 radical (unpaired) electrons. The normalized spacial score (nSPS) is 26.3. The van der Waals surface area contributed by atoms with Crippen LogP contribution in [0.3, 0.4) is 0 Å². The van der Waals surface area contributed by atoms with Gasteiger partial charge in [-0.15, -0.1) is 0 Å². The molecule has 4 aliphatic rings. The number of nitrogens with two attached hydrogens (primary N) is 1. The van der Waals surface area contributed by atoms with Crippen molar-refractivity contribution < 1.29 is 86.4 Å². The molecule has 0 aliphatic carbocycles. The molecule has 4 heterocycles. The Morgan fingerprint density at radius 1 is 0.868 bits per heavy atom. The molecule has 8 N–H and O–H groups in total. The van der Waals surface area contributed by atoms with E-state index in [9.17, 15) is 53.1 Å². The minimum Gasteiger partial charge on any atom is -0.497 e. The van der Waals surface area contributed by atoms with E-state index in [0.29, 0.717) is 30.6 Å². The van der Waals surface area contributed by atoms with E-state index in [4.69, 9.17) is 24.7 Å². The molecular formula is C63H96N10O18. The number of ketones is 1. The molecular weight excluding hydrogens is 1180 g/mol. The van der Waals surface area contributed by atoms with Gasteiger partial charge in [0.1, 0.15) is 60.2 Å². The average Bonchev–Trinajstić information content (AvgIpc) is 1.86. The summed E-state index contributed by atoms with van der Waals surface area (Å²) in [6.45, 7) is 16.9. The lowest BCUT2D eigenvalue weighted by molar-refractivity contribution is -0.164. The van der Waals surface area contributed by atoms with Gasteiger partial charge in [-0.2, -0.15) is 0 Å². The largest absolute Gasteiger partial charge is 0.497 e. The van der Waals surface area contributed by atoms with E-state index >= 15 is 14.4 Å². The summed E-state index contributed by atoms with van der Waals surface area (Å²) in [6.07, 6.45) is -6.40. The number of aliphatic hydroxyl groups is 1. The number of rotatable bonds is 21. The van der Waals surface area contributed by atoms with E-state index in [1.807, 2.05) is 13.8 Å². The average molecular weight is 1280 g/mol. The Kier molecular flexibility index (Phi) is 27.3. The fraction of sp³-hybridized carbons (Fsp3) is 0.698. The number of Topliss-reactive ketones (excluding diaryl/α,β-unsaturated/α-hetero) is 1. The number of esters is 3. The lowest BCUT2D eigenvalue weighted by atomic mass is 9.92. The Labute approximate surface area is 532 Å². The first kappa shape index (κ1) is 74.0. The molecule has 28 heteroatoms. The molecule has 9 amide bonds. The van der Waals surface area contributed by atoms with Gasteiger partial charge >= 0.3 is 17.9 Å². The number of benzene rings is 1. The number of hydrogen-bond acceptors (Lipinski definition) is 19. The Bertz CT molecular complexity index is 2820. The van der Waals surface area contributed by atoms with Crippen LogP contribution in [0.15, 0.2) is 24.3 Å². The number of primary amides is 1. The van der Waals surface area contributed by atoms with Crippen LogP contribution in [0.2, 0.25) is 0 Å². The maximum absolute atomic E-state index is 15.1. The predicted octanol–water partition coefficient (Wildman–Crippen LogP) is -0.0466. The fourth-order valence-corrected chi connectivity index (χ4v) is 11.9. The van der Waals surface area contributed by atoms with Crippen LogP contribution in [0.1, 0.15) is 139 Å². The minimum atomic E-state index is -1.83. The van der Waals surface area contributed by atoms with Gasteiger partial charge in [-0.25, -0.2) is 9.59 Å². The third-order valence-corrected chi connectivity index (χ3v) is 17.2. The number of methoxy groups -OCH3 is 1. The number of nitrogens with zero attached hydrogens (tertiary/aromatic N) is 4. The third-order valence-electron chi connectivity index (χ3n) is 17.2. The monoisotopic (exact) mass is 1280 g/mol.